The number of nitro groups is 1. The number of benzene rings is 1. The number of nitrogens with one attached hydrogen (secondary N) is 1. The first-order chi connectivity index (χ1) is 13.0. The molecule has 27 heavy (non-hydrogen) atoms. The van der Waals surface area contributed by atoms with E-state index < -0.39 is 10.8 Å². The summed E-state index contributed by atoms with van der Waals surface area (Å²) in [4.78, 5) is 26.3. The van der Waals surface area contributed by atoms with E-state index >= 15 is 0 Å². The number of rotatable bonds is 5. The molecule has 3 aromatic rings. The van der Waals surface area contributed by atoms with E-state index in [1.54, 1.807) is 24.3 Å². The fourth-order valence-electron chi connectivity index (χ4n) is 2.33. The molecule has 9 heteroatoms. The molecule has 0 spiro atoms. The minimum absolute atomic E-state index is 0.0252. The molecule has 0 aliphatic carbocycles. The summed E-state index contributed by atoms with van der Waals surface area (Å²) in [6, 6.07) is 11.0. The largest absolute Gasteiger partial charge is 0.455 e. The summed E-state index contributed by atoms with van der Waals surface area (Å²) in [7, 11) is 0. The van der Waals surface area contributed by atoms with Crippen molar-refractivity contribution in [2.45, 2.75) is 6.92 Å². The van der Waals surface area contributed by atoms with E-state index in [-0.39, 0.29) is 16.4 Å². The third-order valence-corrected chi connectivity index (χ3v) is 3.99. The van der Waals surface area contributed by atoms with Crippen LogP contribution in [0, 0.1) is 17.0 Å². The zero-order valence-electron chi connectivity index (χ0n) is 14.0. The normalized spacial score (nSPS) is 10.9. The number of aryl methyl sites for hydroxylation is 1. The number of carbonyl (C=O) groups excluding carboxylic acids is 1. The average molecular weight is 385 g/mol. The van der Waals surface area contributed by atoms with Crippen LogP contribution >= 0.6 is 11.6 Å². The number of hydrogen-bond acceptors (Lipinski definition) is 6. The lowest BCUT2D eigenvalue weighted by atomic mass is 10.1. The Kier molecular flexibility index (Phi) is 5.28. The van der Waals surface area contributed by atoms with Gasteiger partial charge in [0.15, 0.2) is 0 Å². The minimum atomic E-state index is -0.509. The summed E-state index contributed by atoms with van der Waals surface area (Å²) >= 11 is 5.85. The zero-order chi connectivity index (χ0) is 19.4. The number of nitrogens with zero attached hydrogens (tertiary/aromatic N) is 3. The standard InChI is InChI=1S/C18H13ClN4O4/c1-11-4-5-12(23(25)26)9-15(11)16-7-6-13(27-16)10-21-22-18(24)14-3-2-8-20-17(14)19/h2-10H,1H3,(H,22,24). The predicted octanol–water partition coefficient (Wildman–Crippen LogP) is 3.98. The maximum Gasteiger partial charge on any atom is 0.274 e. The van der Waals surface area contributed by atoms with Gasteiger partial charge in [0, 0.05) is 23.9 Å². The number of non-ortho nitro benzene ring substituents is 1. The SMILES string of the molecule is Cc1ccc([N+](=O)[O-])cc1-c1ccc(C=NNC(=O)c2cccnc2Cl)o1. The lowest BCUT2D eigenvalue weighted by molar-refractivity contribution is -0.384. The van der Waals surface area contributed by atoms with Crippen molar-refractivity contribution in [3.8, 4) is 11.3 Å². The number of nitro benzene ring substituents is 1. The van der Waals surface area contributed by atoms with Gasteiger partial charge in [0.05, 0.1) is 16.7 Å². The molecule has 0 fully saturated rings. The summed E-state index contributed by atoms with van der Waals surface area (Å²) in [5.74, 6) is 0.318. The molecule has 0 saturated carbocycles. The van der Waals surface area contributed by atoms with Gasteiger partial charge in [-0.1, -0.05) is 17.7 Å². The Labute approximate surface area is 158 Å². The topological polar surface area (TPSA) is 111 Å². The third kappa shape index (κ3) is 4.18. The number of hydrazone groups is 1. The van der Waals surface area contributed by atoms with E-state index in [1.807, 2.05) is 6.92 Å². The Balaban J connectivity index is 1.74. The van der Waals surface area contributed by atoms with Gasteiger partial charge < -0.3 is 4.42 Å². The molecule has 0 unspecified atom stereocenters. The fourth-order valence-corrected chi connectivity index (χ4v) is 2.53. The molecule has 0 aliphatic heterocycles. The van der Waals surface area contributed by atoms with Crippen molar-refractivity contribution in [3.05, 3.63) is 80.8 Å². The molecule has 2 aromatic heterocycles. The lowest BCUT2D eigenvalue weighted by Crippen LogP contribution is -2.18. The van der Waals surface area contributed by atoms with Crippen molar-refractivity contribution in [2.75, 3.05) is 0 Å². The monoisotopic (exact) mass is 384 g/mol. The van der Waals surface area contributed by atoms with Crippen molar-refractivity contribution in [2.24, 2.45) is 5.10 Å². The quantitative estimate of drug-likeness (QED) is 0.309. The molecule has 3 rings (SSSR count). The van der Waals surface area contributed by atoms with E-state index in [4.69, 9.17) is 16.0 Å². The highest BCUT2D eigenvalue weighted by molar-refractivity contribution is 6.32. The third-order valence-electron chi connectivity index (χ3n) is 3.69. The van der Waals surface area contributed by atoms with Crippen molar-refractivity contribution < 1.29 is 14.1 Å². The molecule has 1 amide bonds. The molecule has 0 saturated heterocycles. The van der Waals surface area contributed by atoms with Crippen molar-refractivity contribution in [3.63, 3.8) is 0 Å². The maximum atomic E-state index is 12.0. The van der Waals surface area contributed by atoms with Crippen molar-refractivity contribution in [1.82, 2.24) is 10.4 Å². The fraction of sp³-hybridized carbons (Fsp3) is 0.0556. The van der Waals surface area contributed by atoms with Crippen LogP contribution in [0.15, 0.2) is 58.2 Å². The Morgan fingerprint density at radius 2 is 2.15 bits per heavy atom. The first kappa shape index (κ1) is 18.3. The summed E-state index contributed by atoms with van der Waals surface area (Å²) in [6.07, 6.45) is 2.79. The predicted molar refractivity (Wildman–Crippen MR) is 99.8 cm³/mol. The second-order valence-electron chi connectivity index (χ2n) is 5.50. The highest BCUT2D eigenvalue weighted by atomic mass is 35.5. The van der Waals surface area contributed by atoms with Crippen LogP contribution in [0.3, 0.4) is 0 Å². The lowest BCUT2D eigenvalue weighted by Gasteiger charge is -2.02. The van der Waals surface area contributed by atoms with E-state index in [9.17, 15) is 14.9 Å². The molecule has 0 bridgehead atoms. The molecule has 8 nitrogen and oxygen atoms in total. The first-order valence-electron chi connectivity index (χ1n) is 7.75. The number of aromatic nitrogens is 1. The van der Waals surface area contributed by atoms with Gasteiger partial charge in [-0.25, -0.2) is 10.4 Å². The molecule has 136 valence electrons. The molecular formula is C18H13ClN4O4. The highest BCUT2D eigenvalue weighted by Crippen LogP contribution is 2.28. The first-order valence-corrected chi connectivity index (χ1v) is 8.12. The molecule has 1 aromatic carbocycles. The van der Waals surface area contributed by atoms with Crippen LogP contribution in [0.1, 0.15) is 21.7 Å². The summed E-state index contributed by atoms with van der Waals surface area (Å²) in [5, 5.41) is 14.8. The van der Waals surface area contributed by atoms with Crippen molar-refractivity contribution >= 4 is 29.4 Å². The number of halogens is 1. The van der Waals surface area contributed by atoms with Crippen molar-refractivity contribution in [1.29, 1.82) is 0 Å². The highest BCUT2D eigenvalue weighted by Gasteiger charge is 2.13. The Morgan fingerprint density at radius 1 is 1.33 bits per heavy atom. The number of amides is 1. The number of pyridine rings is 1. The van der Waals surface area contributed by atoms with Gasteiger partial charge in [0.25, 0.3) is 11.6 Å². The second-order valence-corrected chi connectivity index (χ2v) is 5.86. The molecule has 0 aliphatic rings. The van der Waals surface area contributed by atoms with Gasteiger partial charge in [-0.15, -0.1) is 0 Å². The molecule has 0 radical (unpaired) electrons. The van der Waals surface area contributed by atoms with Gasteiger partial charge in [-0.2, -0.15) is 5.10 Å². The number of hydrogen-bond donors (Lipinski definition) is 1. The van der Waals surface area contributed by atoms with Crippen LogP contribution < -0.4 is 5.43 Å². The number of furan rings is 1. The Hall–Kier alpha value is -3.52. The van der Waals surface area contributed by atoms with Crippen LogP contribution in [0.4, 0.5) is 5.69 Å². The number of carbonyl (C=O) groups is 1. The molecule has 0 atom stereocenters. The van der Waals surface area contributed by atoms with Gasteiger partial charge in [0.2, 0.25) is 0 Å². The van der Waals surface area contributed by atoms with E-state index in [0.717, 1.165) is 5.56 Å². The van der Waals surface area contributed by atoms with Crippen LogP contribution in [-0.4, -0.2) is 22.0 Å². The van der Waals surface area contributed by atoms with Gasteiger partial charge >= 0.3 is 0 Å². The smallest absolute Gasteiger partial charge is 0.274 e. The molecule has 1 N–H and O–H groups in total. The Morgan fingerprint density at radius 3 is 2.89 bits per heavy atom. The summed E-state index contributed by atoms with van der Waals surface area (Å²) < 4.78 is 5.63. The van der Waals surface area contributed by atoms with Crippen LogP contribution in [0.2, 0.25) is 5.15 Å². The molecule has 2 heterocycles. The second kappa shape index (κ2) is 7.79. The van der Waals surface area contributed by atoms with Crippen LogP contribution in [0.25, 0.3) is 11.3 Å². The minimum Gasteiger partial charge on any atom is -0.455 e. The average Bonchev–Trinajstić information content (AvgIpc) is 3.10. The van der Waals surface area contributed by atoms with Crippen LogP contribution in [0.5, 0.6) is 0 Å². The summed E-state index contributed by atoms with van der Waals surface area (Å²) in [6.45, 7) is 1.83. The van der Waals surface area contributed by atoms with Crippen LogP contribution in [-0.2, 0) is 0 Å². The Bertz CT molecular complexity index is 1050. The van der Waals surface area contributed by atoms with E-state index in [2.05, 4.69) is 15.5 Å². The zero-order valence-corrected chi connectivity index (χ0v) is 14.8. The van der Waals surface area contributed by atoms with Gasteiger partial charge in [-0.05, 0) is 36.8 Å². The van der Waals surface area contributed by atoms with E-state index in [1.165, 1.54) is 30.6 Å². The summed E-state index contributed by atoms with van der Waals surface area (Å²) in [5.41, 5.74) is 3.94. The van der Waals surface area contributed by atoms with Gasteiger partial charge in [-0.3, -0.25) is 14.9 Å². The van der Waals surface area contributed by atoms with Gasteiger partial charge in [0.1, 0.15) is 16.7 Å². The van der Waals surface area contributed by atoms with E-state index in [0.29, 0.717) is 17.1 Å². The molecular weight excluding hydrogens is 372 g/mol. The maximum absolute atomic E-state index is 12.0.